The summed E-state index contributed by atoms with van der Waals surface area (Å²) in [6, 6.07) is 11.8. The standard InChI is InChI=1S/C17H18N2O6/c1-24-13-9-5-8-12(18-13)15(20)14(16(21)22)19-17(23)25-10-11-6-3-2-4-7-11/h2-9,14-15,20H,10H2,1H3,(H,19,23)(H,21,22)/t14-,15-/m1/s1. The summed E-state index contributed by atoms with van der Waals surface area (Å²) in [7, 11) is 1.40. The Labute approximate surface area is 144 Å². The molecule has 1 aromatic carbocycles. The van der Waals surface area contributed by atoms with Crippen molar-refractivity contribution in [3.8, 4) is 5.88 Å². The summed E-state index contributed by atoms with van der Waals surface area (Å²) >= 11 is 0. The molecule has 132 valence electrons. The Balaban J connectivity index is 2.01. The number of ether oxygens (including phenoxy) is 2. The van der Waals surface area contributed by atoms with Crippen molar-refractivity contribution in [2.45, 2.75) is 18.8 Å². The number of aliphatic hydroxyl groups is 1. The SMILES string of the molecule is COc1cccc([C@@H](O)[C@@H](NC(=O)OCc2ccccc2)C(=O)O)n1. The molecule has 1 heterocycles. The van der Waals surface area contributed by atoms with Gasteiger partial charge >= 0.3 is 12.1 Å². The van der Waals surface area contributed by atoms with Gasteiger partial charge in [0.25, 0.3) is 0 Å². The van der Waals surface area contributed by atoms with Crippen molar-refractivity contribution in [1.29, 1.82) is 0 Å². The van der Waals surface area contributed by atoms with Gasteiger partial charge in [0.1, 0.15) is 12.7 Å². The van der Waals surface area contributed by atoms with E-state index in [4.69, 9.17) is 9.47 Å². The molecule has 8 nitrogen and oxygen atoms in total. The van der Waals surface area contributed by atoms with Crippen molar-refractivity contribution < 1.29 is 29.3 Å². The smallest absolute Gasteiger partial charge is 0.408 e. The van der Waals surface area contributed by atoms with Gasteiger partial charge in [-0.05, 0) is 11.6 Å². The molecule has 3 N–H and O–H groups in total. The molecule has 8 heteroatoms. The first-order chi connectivity index (χ1) is 12.0. The van der Waals surface area contributed by atoms with Crippen molar-refractivity contribution in [1.82, 2.24) is 10.3 Å². The van der Waals surface area contributed by atoms with E-state index in [1.165, 1.54) is 13.2 Å². The Hall–Kier alpha value is -3.13. The first kappa shape index (κ1) is 18.2. The lowest BCUT2D eigenvalue weighted by atomic mass is 10.1. The number of rotatable bonds is 7. The highest BCUT2D eigenvalue weighted by Crippen LogP contribution is 2.18. The van der Waals surface area contributed by atoms with Crippen molar-refractivity contribution in [2.24, 2.45) is 0 Å². The van der Waals surface area contributed by atoms with E-state index >= 15 is 0 Å². The number of nitrogens with zero attached hydrogens (tertiary/aromatic N) is 1. The molecule has 0 aliphatic carbocycles. The quantitative estimate of drug-likeness (QED) is 0.695. The molecule has 1 amide bonds. The molecular formula is C17H18N2O6. The fourth-order valence-electron chi connectivity index (χ4n) is 2.05. The number of benzene rings is 1. The normalized spacial score (nSPS) is 12.7. The van der Waals surface area contributed by atoms with Crippen LogP contribution in [0.1, 0.15) is 17.4 Å². The van der Waals surface area contributed by atoms with Gasteiger partial charge < -0.3 is 25.0 Å². The van der Waals surface area contributed by atoms with Gasteiger partial charge in [-0.1, -0.05) is 36.4 Å². The second-order valence-corrected chi connectivity index (χ2v) is 5.07. The molecular weight excluding hydrogens is 328 g/mol. The van der Waals surface area contributed by atoms with E-state index in [9.17, 15) is 19.8 Å². The maximum Gasteiger partial charge on any atom is 0.408 e. The number of hydrogen-bond acceptors (Lipinski definition) is 6. The van der Waals surface area contributed by atoms with Crippen LogP contribution >= 0.6 is 0 Å². The number of methoxy groups -OCH3 is 1. The molecule has 25 heavy (non-hydrogen) atoms. The lowest BCUT2D eigenvalue weighted by Crippen LogP contribution is -2.45. The lowest BCUT2D eigenvalue weighted by molar-refractivity contribution is -0.142. The van der Waals surface area contributed by atoms with E-state index in [2.05, 4.69) is 10.3 Å². The average molecular weight is 346 g/mol. The highest BCUT2D eigenvalue weighted by Gasteiger charge is 2.31. The van der Waals surface area contributed by atoms with Gasteiger partial charge in [0.2, 0.25) is 5.88 Å². The van der Waals surface area contributed by atoms with Gasteiger partial charge in [-0.15, -0.1) is 0 Å². The van der Waals surface area contributed by atoms with Crippen LogP contribution in [-0.4, -0.2) is 40.4 Å². The molecule has 2 aromatic rings. The summed E-state index contributed by atoms with van der Waals surface area (Å²) in [5.41, 5.74) is 0.801. The number of amides is 1. The minimum absolute atomic E-state index is 0.0213. The zero-order valence-electron chi connectivity index (χ0n) is 13.5. The van der Waals surface area contributed by atoms with Crippen molar-refractivity contribution in [3.63, 3.8) is 0 Å². The van der Waals surface area contributed by atoms with E-state index in [0.717, 1.165) is 5.56 Å². The van der Waals surface area contributed by atoms with Crippen LogP contribution in [0.3, 0.4) is 0 Å². The second-order valence-electron chi connectivity index (χ2n) is 5.07. The Morgan fingerprint density at radius 2 is 1.88 bits per heavy atom. The molecule has 0 aliphatic rings. The Bertz CT molecular complexity index is 722. The van der Waals surface area contributed by atoms with Gasteiger partial charge in [0.05, 0.1) is 12.8 Å². The van der Waals surface area contributed by atoms with Crippen molar-refractivity contribution in [2.75, 3.05) is 7.11 Å². The predicted octanol–water partition coefficient (Wildman–Crippen LogP) is 1.50. The summed E-state index contributed by atoms with van der Waals surface area (Å²) in [5.74, 6) is -1.21. The number of pyridine rings is 1. The number of nitrogens with one attached hydrogen (secondary N) is 1. The number of carbonyl (C=O) groups is 2. The van der Waals surface area contributed by atoms with Crippen LogP contribution in [0.2, 0.25) is 0 Å². The van der Waals surface area contributed by atoms with E-state index in [-0.39, 0.29) is 18.2 Å². The fourth-order valence-corrected chi connectivity index (χ4v) is 2.05. The first-order valence-corrected chi connectivity index (χ1v) is 7.40. The maximum absolute atomic E-state index is 11.8. The van der Waals surface area contributed by atoms with Crippen LogP contribution < -0.4 is 10.1 Å². The summed E-state index contributed by atoms with van der Waals surface area (Å²) < 4.78 is 9.90. The maximum atomic E-state index is 11.8. The van der Waals surface area contributed by atoms with Crippen LogP contribution in [0.4, 0.5) is 4.79 Å². The van der Waals surface area contributed by atoms with Gasteiger partial charge in [0, 0.05) is 6.07 Å². The summed E-state index contributed by atoms with van der Waals surface area (Å²) in [5, 5.41) is 21.6. The van der Waals surface area contributed by atoms with Crippen LogP contribution in [0, 0.1) is 0 Å². The van der Waals surface area contributed by atoms with Crippen molar-refractivity contribution in [3.05, 3.63) is 59.8 Å². The predicted molar refractivity (Wildman–Crippen MR) is 86.9 cm³/mol. The molecule has 2 rings (SSSR count). The van der Waals surface area contributed by atoms with Crippen LogP contribution in [0.15, 0.2) is 48.5 Å². The molecule has 0 aliphatic heterocycles. The molecule has 0 saturated carbocycles. The Morgan fingerprint density at radius 3 is 2.52 bits per heavy atom. The average Bonchev–Trinajstić information content (AvgIpc) is 2.64. The largest absolute Gasteiger partial charge is 0.481 e. The van der Waals surface area contributed by atoms with E-state index in [0.29, 0.717) is 0 Å². The van der Waals surface area contributed by atoms with Gasteiger partial charge in [-0.3, -0.25) is 0 Å². The number of carboxylic acid groups (broad SMARTS) is 1. The molecule has 0 fully saturated rings. The minimum Gasteiger partial charge on any atom is -0.481 e. The fraction of sp³-hybridized carbons (Fsp3) is 0.235. The molecule has 0 unspecified atom stereocenters. The number of hydrogen-bond donors (Lipinski definition) is 3. The number of alkyl carbamates (subject to hydrolysis) is 1. The Morgan fingerprint density at radius 1 is 1.16 bits per heavy atom. The third-order valence-corrected chi connectivity index (χ3v) is 3.33. The lowest BCUT2D eigenvalue weighted by Gasteiger charge is -2.20. The van der Waals surface area contributed by atoms with Gasteiger partial charge in [-0.2, -0.15) is 0 Å². The molecule has 1 aromatic heterocycles. The van der Waals surface area contributed by atoms with E-state index in [1.807, 2.05) is 6.07 Å². The molecule has 0 radical (unpaired) electrons. The summed E-state index contributed by atoms with van der Waals surface area (Å²) in [6.45, 7) is -0.0213. The number of carboxylic acids is 1. The van der Waals surface area contributed by atoms with Crippen LogP contribution in [0.5, 0.6) is 5.88 Å². The third kappa shape index (κ3) is 5.18. The minimum atomic E-state index is -1.62. The van der Waals surface area contributed by atoms with Crippen LogP contribution in [0.25, 0.3) is 0 Å². The highest BCUT2D eigenvalue weighted by molar-refractivity contribution is 5.80. The first-order valence-electron chi connectivity index (χ1n) is 7.40. The third-order valence-electron chi connectivity index (χ3n) is 3.33. The van der Waals surface area contributed by atoms with E-state index < -0.39 is 24.2 Å². The van der Waals surface area contributed by atoms with Crippen molar-refractivity contribution >= 4 is 12.1 Å². The number of carbonyl (C=O) groups excluding carboxylic acids is 1. The number of aliphatic carboxylic acids is 1. The van der Waals surface area contributed by atoms with Crippen LogP contribution in [-0.2, 0) is 16.1 Å². The highest BCUT2D eigenvalue weighted by atomic mass is 16.5. The molecule has 0 spiro atoms. The number of aromatic nitrogens is 1. The topological polar surface area (TPSA) is 118 Å². The Kier molecular flexibility index (Phi) is 6.30. The zero-order valence-corrected chi connectivity index (χ0v) is 13.5. The monoisotopic (exact) mass is 346 g/mol. The molecule has 0 bridgehead atoms. The van der Waals surface area contributed by atoms with Gasteiger partial charge in [-0.25, -0.2) is 14.6 Å². The zero-order chi connectivity index (χ0) is 18.2. The molecule has 2 atom stereocenters. The number of aliphatic hydroxyl groups excluding tert-OH is 1. The second kappa shape index (κ2) is 8.65. The van der Waals surface area contributed by atoms with E-state index in [1.54, 1.807) is 36.4 Å². The summed E-state index contributed by atoms with van der Waals surface area (Å²) in [4.78, 5) is 27.2. The molecule has 0 saturated heterocycles. The summed E-state index contributed by atoms with van der Waals surface area (Å²) in [6.07, 6.45) is -2.53. The van der Waals surface area contributed by atoms with Gasteiger partial charge in [0.15, 0.2) is 6.04 Å².